The number of sulfonamides is 1. The van der Waals surface area contributed by atoms with E-state index < -0.39 is 10.0 Å². The number of ether oxygens (including phenoxy) is 2. The monoisotopic (exact) mass is 444 g/mol. The third-order valence-electron chi connectivity index (χ3n) is 4.81. The molecule has 0 N–H and O–H groups in total. The van der Waals surface area contributed by atoms with Gasteiger partial charge in [-0.3, -0.25) is 0 Å². The molecule has 0 saturated carbocycles. The highest BCUT2D eigenvalue weighted by Crippen LogP contribution is 2.36. The Balaban J connectivity index is 1.85. The van der Waals surface area contributed by atoms with E-state index in [0.29, 0.717) is 47.7 Å². The second-order valence-electron chi connectivity index (χ2n) is 6.44. The van der Waals surface area contributed by atoms with E-state index in [0.717, 1.165) is 11.3 Å². The van der Waals surface area contributed by atoms with E-state index in [9.17, 15) is 8.42 Å². The van der Waals surface area contributed by atoms with Crippen LogP contribution in [-0.4, -0.2) is 53.1 Å². The van der Waals surface area contributed by atoms with Gasteiger partial charge in [0.15, 0.2) is 0 Å². The van der Waals surface area contributed by atoms with Gasteiger partial charge in [0.1, 0.15) is 16.4 Å². The quantitative estimate of drug-likeness (QED) is 0.700. The van der Waals surface area contributed by atoms with Crippen LogP contribution in [0.1, 0.15) is 5.56 Å². The van der Waals surface area contributed by atoms with Crippen molar-refractivity contribution >= 4 is 38.9 Å². The lowest BCUT2D eigenvalue weighted by Gasteiger charge is -2.36. The fourth-order valence-corrected chi connectivity index (χ4v) is 5.26. The summed E-state index contributed by atoms with van der Waals surface area (Å²) in [5.74, 6) is 0.808. The van der Waals surface area contributed by atoms with Gasteiger partial charge in [0.05, 0.1) is 30.0 Å². The number of halogens is 2. The Hall–Kier alpha value is -1.67. The van der Waals surface area contributed by atoms with Crippen molar-refractivity contribution in [2.24, 2.45) is 0 Å². The maximum atomic E-state index is 13.2. The molecule has 0 aromatic heterocycles. The summed E-state index contributed by atoms with van der Waals surface area (Å²) >= 11 is 12.4. The van der Waals surface area contributed by atoms with Crippen molar-refractivity contribution in [3.05, 3.63) is 45.9 Å². The molecular weight excluding hydrogens is 423 g/mol. The lowest BCUT2D eigenvalue weighted by molar-refractivity contribution is 0.370. The second kappa shape index (κ2) is 8.37. The molecule has 1 heterocycles. The van der Waals surface area contributed by atoms with Gasteiger partial charge in [0.2, 0.25) is 10.0 Å². The number of anilines is 1. The van der Waals surface area contributed by atoms with Crippen LogP contribution in [-0.2, 0) is 10.0 Å². The van der Waals surface area contributed by atoms with Gasteiger partial charge in [-0.25, -0.2) is 8.42 Å². The van der Waals surface area contributed by atoms with E-state index in [4.69, 9.17) is 32.7 Å². The van der Waals surface area contributed by atoms with Crippen molar-refractivity contribution in [2.45, 2.75) is 11.8 Å². The summed E-state index contributed by atoms with van der Waals surface area (Å²) in [6.07, 6.45) is 0. The summed E-state index contributed by atoms with van der Waals surface area (Å²) in [6.45, 7) is 3.50. The lowest BCUT2D eigenvalue weighted by atomic mass is 10.2. The Labute approximate surface area is 175 Å². The number of aryl methyl sites for hydroxylation is 1. The molecule has 0 bridgehead atoms. The van der Waals surface area contributed by atoms with E-state index in [-0.39, 0.29) is 4.90 Å². The van der Waals surface area contributed by atoms with E-state index in [1.807, 2.05) is 24.0 Å². The maximum absolute atomic E-state index is 13.2. The van der Waals surface area contributed by atoms with Gasteiger partial charge in [0, 0.05) is 32.2 Å². The first-order valence-corrected chi connectivity index (χ1v) is 10.9. The third kappa shape index (κ3) is 3.89. The fraction of sp³-hybridized carbons (Fsp3) is 0.368. The van der Waals surface area contributed by atoms with Crippen LogP contribution < -0.4 is 14.4 Å². The number of hydrogen-bond acceptors (Lipinski definition) is 5. The molecule has 0 unspecified atom stereocenters. The van der Waals surface area contributed by atoms with Crippen molar-refractivity contribution in [1.29, 1.82) is 0 Å². The van der Waals surface area contributed by atoms with Crippen molar-refractivity contribution in [3.8, 4) is 11.5 Å². The minimum Gasteiger partial charge on any atom is -0.496 e. The summed E-state index contributed by atoms with van der Waals surface area (Å²) in [4.78, 5) is 2.14. The van der Waals surface area contributed by atoms with Crippen molar-refractivity contribution in [3.63, 3.8) is 0 Å². The van der Waals surface area contributed by atoms with E-state index in [2.05, 4.69) is 0 Å². The maximum Gasteiger partial charge on any atom is 0.247 e. The molecule has 0 amide bonds. The molecule has 1 aliphatic heterocycles. The molecule has 3 rings (SSSR count). The largest absolute Gasteiger partial charge is 0.496 e. The number of benzene rings is 2. The molecule has 1 fully saturated rings. The van der Waals surface area contributed by atoms with E-state index in [1.165, 1.54) is 24.6 Å². The van der Waals surface area contributed by atoms with Crippen LogP contribution >= 0.6 is 23.2 Å². The Morgan fingerprint density at radius 2 is 1.61 bits per heavy atom. The van der Waals surface area contributed by atoms with Gasteiger partial charge in [-0.05, 0) is 30.7 Å². The highest BCUT2D eigenvalue weighted by Gasteiger charge is 2.32. The minimum absolute atomic E-state index is 0.103. The Morgan fingerprint density at radius 1 is 0.964 bits per heavy atom. The third-order valence-corrected chi connectivity index (χ3v) is 7.54. The molecule has 152 valence electrons. The SMILES string of the molecule is COc1cc(S(=O)(=O)N2CCN(c3cccc(Cl)c3Cl)CC2)c(OC)cc1C. The predicted octanol–water partition coefficient (Wildman–Crippen LogP) is 3.83. The fourth-order valence-electron chi connectivity index (χ4n) is 3.27. The first-order chi connectivity index (χ1) is 13.3. The van der Waals surface area contributed by atoms with Gasteiger partial charge < -0.3 is 14.4 Å². The van der Waals surface area contributed by atoms with Gasteiger partial charge in [-0.15, -0.1) is 0 Å². The molecule has 0 atom stereocenters. The normalized spacial score (nSPS) is 15.5. The number of methoxy groups -OCH3 is 2. The molecule has 0 spiro atoms. The Bertz CT molecular complexity index is 974. The van der Waals surface area contributed by atoms with Crippen LogP contribution in [0.25, 0.3) is 0 Å². The smallest absolute Gasteiger partial charge is 0.247 e. The summed E-state index contributed by atoms with van der Waals surface area (Å²) in [6, 6.07) is 8.63. The molecule has 1 aliphatic rings. The van der Waals surface area contributed by atoms with Gasteiger partial charge in [-0.1, -0.05) is 29.3 Å². The zero-order valence-corrected chi connectivity index (χ0v) is 18.2. The zero-order valence-electron chi connectivity index (χ0n) is 15.9. The van der Waals surface area contributed by atoms with E-state index >= 15 is 0 Å². The highest BCUT2D eigenvalue weighted by atomic mass is 35.5. The van der Waals surface area contributed by atoms with Crippen LogP contribution in [0, 0.1) is 6.92 Å². The minimum atomic E-state index is -3.74. The molecule has 2 aromatic rings. The second-order valence-corrected chi connectivity index (χ2v) is 9.13. The van der Waals surface area contributed by atoms with Crippen molar-refractivity contribution in [1.82, 2.24) is 4.31 Å². The van der Waals surface area contributed by atoms with Crippen LogP contribution in [0.2, 0.25) is 10.0 Å². The van der Waals surface area contributed by atoms with Crippen molar-refractivity contribution < 1.29 is 17.9 Å². The van der Waals surface area contributed by atoms with Crippen LogP contribution in [0.4, 0.5) is 5.69 Å². The highest BCUT2D eigenvalue weighted by molar-refractivity contribution is 7.89. The first-order valence-electron chi connectivity index (χ1n) is 8.71. The summed E-state index contributed by atoms with van der Waals surface area (Å²) in [7, 11) is -0.765. The van der Waals surface area contributed by atoms with Crippen molar-refractivity contribution in [2.75, 3.05) is 45.3 Å². The molecule has 0 radical (unpaired) electrons. The van der Waals surface area contributed by atoms with E-state index in [1.54, 1.807) is 12.1 Å². The summed E-state index contributed by atoms with van der Waals surface area (Å²) < 4.78 is 38.5. The molecule has 9 heteroatoms. The Kier molecular flexibility index (Phi) is 6.29. The summed E-state index contributed by atoms with van der Waals surface area (Å²) in [5.41, 5.74) is 1.61. The molecular formula is C19H22Cl2N2O4S. The number of nitrogens with zero attached hydrogens (tertiary/aromatic N) is 2. The molecule has 2 aromatic carbocycles. The summed E-state index contributed by atoms with van der Waals surface area (Å²) in [5, 5.41) is 0.955. The topological polar surface area (TPSA) is 59.1 Å². The zero-order chi connectivity index (χ0) is 20.5. The predicted molar refractivity (Wildman–Crippen MR) is 112 cm³/mol. The Morgan fingerprint density at radius 3 is 2.21 bits per heavy atom. The van der Waals surface area contributed by atoms with Crippen LogP contribution in [0.3, 0.4) is 0 Å². The first kappa shape index (κ1) is 21.0. The standard InChI is InChI=1S/C19H22Cl2N2O4S/c1-13-11-17(27-3)18(12-16(13)26-2)28(24,25)23-9-7-22(8-10-23)15-6-4-5-14(20)19(15)21/h4-6,11-12H,7-10H2,1-3H3. The average Bonchev–Trinajstić information content (AvgIpc) is 2.69. The van der Waals surface area contributed by atoms with Gasteiger partial charge in [-0.2, -0.15) is 4.31 Å². The lowest BCUT2D eigenvalue weighted by Crippen LogP contribution is -2.48. The number of hydrogen-bond donors (Lipinski definition) is 0. The van der Waals surface area contributed by atoms with Crippen LogP contribution in [0.5, 0.6) is 11.5 Å². The van der Waals surface area contributed by atoms with Crippen LogP contribution in [0.15, 0.2) is 35.2 Å². The molecule has 6 nitrogen and oxygen atoms in total. The number of piperazine rings is 1. The number of rotatable bonds is 5. The molecule has 1 saturated heterocycles. The molecule has 0 aliphatic carbocycles. The average molecular weight is 445 g/mol. The van der Waals surface area contributed by atoms with Gasteiger partial charge >= 0.3 is 0 Å². The molecule has 28 heavy (non-hydrogen) atoms. The van der Waals surface area contributed by atoms with Gasteiger partial charge in [0.25, 0.3) is 0 Å².